The van der Waals surface area contributed by atoms with Crippen LogP contribution in [0.15, 0.2) is 61.2 Å². The van der Waals surface area contributed by atoms with E-state index in [-0.39, 0.29) is 11.9 Å². The van der Waals surface area contributed by atoms with Gasteiger partial charge in [-0.1, -0.05) is 18.2 Å². The average molecular weight is 348 g/mol. The number of aromatic nitrogens is 3. The monoisotopic (exact) mass is 348 g/mol. The summed E-state index contributed by atoms with van der Waals surface area (Å²) in [7, 11) is 1.62. The minimum Gasteiger partial charge on any atom is -0.494 e. The Kier molecular flexibility index (Phi) is 4.39. The third-order valence-electron chi connectivity index (χ3n) is 4.74. The van der Waals surface area contributed by atoms with Gasteiger partial charge in [0.05, 0.1) is 24.9 Å². The molecule has 2 aromatic heterocycles. The van der Waals surface area contributed by atoms with E-state index in [1.54, 1.807) is 30.4 Å². The van der Waals surface area contributed by atoms with Crippen LogP contribution in [0.25, 0.3) is 5.69 Å². The van der Waals surface area contributed by atoms with Gasteiger partial charge in [0, 0.05) is 25.1 Å². The predicted octanol–water partition coefficient (Wildman–Crippen LogP) is 3.25. The van der Waals surface area contributed by atoms with Crippen LogP contribution in [0.5, 0.6) is 5.75 Å². The summed E-state index contributed by atoms with van der Waals surface area (Å²) in [6.07, 6.45) is 8.92. The van der Waals surface area contributed by atoms with Crippen molar-refractivity contribution >= 4 is 5.91 Å². The minimum atomic E-state index is -0.00231. The Morgan fingerprint density at radius 1 is 1.19 bits per heavy atom. The summed E-state index contributed by atoms with van der Waals surface area (Å²) in [6, 6.07) is 11.6. The molecule has 1 aromatic carbocycles. The van der Waals surface area contributed by atoms with Crippen LogP contribution in [0.2, 0.25) is 0 Å². The molecule has 0 N–H and O–H groups in total. The van der Waals surface area contributed by atoms with Gasteiger partial charge in [-0.25, -0.2) is 4.68 Å². The molecule has 0 spiro atoms. The maximum absolute atomic E-state index is 13.1. The van der Waals surface area contributed by atoms with Crippen LogP contribution in [-0.2, 0) is 0 Å². The van der Waals surface area contributed by atoms with Crippen molar-refractivity contribution in [3.8, 4) is 11.4 Å². The predicted molar refractivity (Wildman–Crippen MR) is 97.4 cm³/mol. The minimum absolute atomic E-state index is 0.00231. The lowest BCUT2D eigenvalue weighted by atomic mass is 10.1. The van der Waals surface area contributed by atoms with Crippen molar-refractivity contribution in [2.75, 3.05) is 13.7 Å². The van der Waals surface area contributed by atoms with Gasteiger partial charge in [0.2, 0.25) is 0 Å². The highest BCUT2D eigenvalue weighted by Gasteiger charge is 2.31. The Labute approximate surface area is 152 Å². The van der Waals surface area contributed by atoms with Crippen LogP contribution < -0.4 is 4.74 Å². The molecule has 6 nitrogen and oxygen atoms in total. The first-order valence-corrected chi connectivity index (χ1v) is 8.67. The highest BCUT2D eigenvalue weighted by Crippen LogP contribution is 2.32. The average Bonchev–Trinajstić information content (AvgIpc) is 3.38. The molecular weight excluding hydrogens is 328 g/mol. The Morgan fingerprint density at radius 3 is 2.88 bits per heavy atom. The zero-order valence-corrected chi connectivity index (χ0v) is 14.6. The molecule has 0 saturated carbocycles. The summed E-state index contributed by atoms with van der Waals surface area (Å²) in [5, 5.41) is 4.36. The summed E-state index contributed by atoms with van der Waals surface area (Å²) in [5.41, 5.74) is 2.46. The lowest BCUT2D eigenvalue weighted by Crippen LogP contribution is -2.30. The number of para-hydroxylation sites is 2. The number of carbonyl (C=O) groups excluding carboxylic acids is 1. The van der Waals surface area contributed by atoms with Gasteiger partial charge in [-0.3, -0.25) is 9.78 Å². The first kappa shape index (κ1) is 16.3. The lowest BCUT2D eigenvalue weighted by molar-refractivity contribution is 0.0735. The Bertz CT molecular complexity index is 907. The van der Waals surface area contributed by atoms with E-state index in [1.165, 1.54) is 0 Å². The molecule has 0 bridgehead atoms. The van der Waals surface area contributed by atoms with E-state index in [1.807, 2.05) is 47.5 Å². The second-order valence-electron chi connectivity index (χ2n) is 6.29. The highest BCUT2D eigenvalue weighted by molar-refractivity contribution is 5.94. The number of methoxy groups -OCH3 is 1. The van der Waals surface area contributed by atoms with Gasteiger partial charge in [-0.2, -0.15) is 5.10 Å². The van der Waals surface area contributed by atoms with Crippen LogP contribution in [0, 0.1) is 0 Å². The topological polar surface area (TPSA) is 60.2 Å². The fourth-order valence-corrected chi connectivity index (χ4v) is 3.48. The molecule has 0 radical (unpaired) electrons. The standard InChI is InChI=1S/C20H20N4O2/c1-26-19-9-3-2-7-18(19)24-14-16(13-22-24)20(25)23-11-5-8-17(23)15-6-4-10-21-12-15/h2-4,6-7,9-10,12-14,17H,5,8,11H2,1H3. The zero-order chi connectivity index (χ0) is 17.9. The van der Waals surface area contributed by atoms with Crippen molar-refractivity contribution in [1.82, 2.24) is 19.7 Å². The number of benzene rings is 1. The smallest absolute Gasteiger partial charge is 0.257 e. The van der Waals surface area contributed by atoms with Crippen LogP contribution in [0.3, 0.4) is 0 Å². The molecule has 1 saturated heterocycles. The number of ether oxygens (including phenoxy) is 1. The highest BCUT2D eigenvalue weighted by atomic mass is 16.5. The number of pyridine rings is 1. The van der Waals surface area contributed by atoms with E-state index in [9.17, 15) is 4.79 Å². The van der Waals surface area contributed by atoms with E-state index < -0.39 is 0 Å². The number of hydrogen-bond donors (Lipinski definition) is 0. The van der Waals surface area contributed by atoms with Gasteiger partial charge in [-0.15, -0.1) is 0 Å². The third kappa shape index (κ3) is 2.94. The number of nitrogens with zero attached hydrogens (tertiary/aromatic N) is 4. The van der Waals surface area contributed by atoms with Crippen LogP contribution in [-0.4, -0.2) is 39.2 Å². The normalized spacial score (nSPS) is 16.7. The SMILES string of the molecule is COc1ccccc1-n1cc(C(=O)N2CCCC2c2cccnc2)cn1. The van der Waals surface area contributed by atoms with Crippen LogP contribution in [0.4, 0.5) is 0 Å². The van der Waals surface area contributed by atoms with Crippen LogP contribution >= 0.6 is 0 Å². The van der Waals surface area contributed by atoms with E-state index in [0.717, 1.165) is 30.6 Å². The maximum Gasteiger partial charge on any atom is 0.257 e. The molecule has 4 rings (SSSR count). The van der Waals surface area contributed by atoms with E-state index in [0.29, 0.717) is 11.3 Å². The zero-order valence-electron chi connectivity index (χ0n) is 14.6. The fourth-order valence-electron chi connectivity index (χ4n) is 3.48. The van der Waals surface area contributed by atoms with Crippen molar-refractivity contribution in [2.45, 2.75) is 18.9 Å². The molecular formula is C20H20N4O2. The van der Waals surface area contributed by atoms with Gasteiger partial charge in [0.1, 0.15) is 11.4 Å². The molecule has 1 fully saturated rings. The second kappa shape index (κ2) is 7.00. The molecule has 132 valence electrons. The first-order chi connectivity index (χ1) is 12.8. The van der Waals surface area contributed by atoms with Gasteiger partial charge < -0.3 is 9.64 Å². The Balaban J connectivity index is 1.60. The van der Waals surface area contributed by atoms with Gasteiger partial charge >= 0.3 is 0 Å². The molecule has 3 aromatic rings. The molecule has 1 aliphatic rings. The van der Waals surface area contributed by atoms with Gasteiger partial charge in [0.15, 0.2) is 0 Å². The maximum atomic E-state index is 13.1. The molecule has 3 heterocycles. The summed E-state index contributed by atoms with van der Waals surface area (Å²) < 4.78 is 7.06. The molecule has 0 aliphatic carbocycles. The van der Waals surface area contributed by atoms with Crippen molar-refractivity contribution in [3.05, 3.63) is 72.3 Å². The third-order valence-corrected chi connectivity index (χ3v) is 4.74. The quantitative estimate of drug-likeness (QED) is 0.726. The molecule has 1 unspecified atom stereocenters. The van der Waals surface area contributed by atoms with Crippen molar-refractivity contribution < 1.29 is 9.53 Å². The summed E-state index contributed by atoms with van der Waals surface area (Å²) in [4.78, 5) is 19.2. The summed E-state index contributed by atoms with van der Waals surface area (Å²) in [6.45, 7) is 0.748. The van der Waals surface area contributed by atoms with E-state index in [4.69, 9.17) is 4.74 Å². The Hall–Kier alpha value is -3.15. The van der Waals surface area contributed by atoms with E-state index in [2.05, 4.69) is 10.1 Å². The number of hydrogen-bond acceptors (Lipinski definition) is 4. The second-order valence-corrected chi connectivity index (χ2v) is 6.29. The summed E-state index contributed by atoms with van der Waals surface area (Å²) >= 11 is 0. The summed E-state index contributed by atoms with van der Waals surface area (Å²) in [5.74, 6) is 0.710. The molecule has 1 aliphatic heterocycles. The van der Waals surface area contributed by atoms with Gasteiger partial charge in [-0.05, 0) is 36.6 Å². The molecule has 1 atom stereocenters. The van der Waals surface area contributed by atoms with Crippen molar-refractivity contribution in [2.24, 2.45) is 0 Å². The lowest BCUT2D eigenvalue weighted by Gasteiger charge is -2.24. The number of carbonyl (C=O) groups is 1. The largest absolute Gasteiger partial charge is 0.494 e. The molecule has 6 heteroatoms. The molecule has 1 amide bonds. The molecule has 26 heavy (non-hydrogen) atoms. The van der Waals surface area contributed by atoms with Crippen molar-refractivity contribution in [3.63, 3.8) is 0 Å². The van der Waals surface area contributed by atoms with Crippen molar-refractivity contribution in [1.29, 1.82) is 0 Å². The fraction of sp³-hybridized carbons (Fsp3) is 0.250. The first-order valence-electron chi connectivity index (χ1n) is 8.67. The number of likely N-dealkylation sites (tertiary alicyclic amines) is 1. The Morgan fingerprint density at radius 2 is 2.08 bits per heavy atom. The number of amides is 1. The number of rotatable bonds is 4. The van der Waals surface area contributed by atoms with Crippen LogP contribution in [0.1, 0.15) is 34.8 Å². The van der Waals surface area contributed by atoms with Gasteiger partial charge in [0.25, 0.3) is 5.91 Å². The van der Waals surface area contributed by atoms with E-state index >= 15 is 0 Å².